The van der Waals surface area contributed by atoms with Gasteiger partial charge in [-0.05, 0) is 28.1 Å². The average molecular weight is 226 g/mol. The van der Waals surface area contributed by atoms with Crippen LogP contribution < -0.4 is 5.73 Å². The van der Waals surface area contributed by atoms with E-state index in [2.05, 4.69) is 15.9 Å². The molecular weight excluding hydrogens is 220 g/mol. The van der Waals surface area contributed by atoms with Gasteiger partial charge in [-0.3, -0.25) is 0 Å². The first kappa shape index (κ1) is 8.67. The van der Waals surface area contributed by atoms with Gasteiger partial charge in [0.25, 0.3) is 6.43 Å². The van der Waals surface area contributed by atoms with Crippen molar-refractivity contribution in [3.8, 4) is 0 Å². The van der Waals surface area contributed by atoms with Gasteiger partial charge in [-0.25, -0.2) is 8.78 Å². The molecule has 62 valence electrons. The van der Waals surface area contributed by atoms with Gasteiger partial charge in [0.1, 0.15) is 11.8 Å². The second-order valence-electron chi connectivity index (χ2n) is 2.00. The predicted octanol–water partition coefficient (Wildman–Crippen LogP) is 2.31. The molecular formula is C6H6BrF2NO. The third-order valence-corrected chi connectivity index (χ3v) is 1.62. The summed E-state index contributed by atoms with van der Waals surface area (Å²) < 4.78 is 29.1. The van der Waals surface area contributed by atoms with Crippen LogP contribution in [-0.2, 0) is 0 Å². The minimum absolute atomic E-state index is 0.0897. The number of rotatable bonds is 2. The SMILES string of the molecule is N[C@@H](c1ccc(Br)o1)C(F)F. The van der Waals surface area contributed by atoms with Crippen LogP contribution in [0.2, 0.25) is 0 Å². The fourth-order valence-electron chi connectivity index (χ4n) is 0.632. The first-order chi connectivity index (χ1) is 5.11. The Hall–Kier alpha value is -0.420. The summed E-state index contributed by atoms with van der Waals surface area (Å²) in [6, 6.07) is 1.61. The third-order valence-electron chi connectivity index (χ3n) is 1.19. The fourth-order valence-corrected chi connectivity index (χ4v) is 0.951. The Bertz CT molecular complexity index is 238. The highest BCUT2D eigenvalue weighted by Crippen LogP contribution is 2.22. The van der Waals surface area contributed by atoms with E-state index < -0.39 is 12.5 Å². The molecule has 0 saturated carbocycles. The van der Waals surface area contributed by atoms with Crippen molar-refractivity contribution in [2.45, 2.75) is 12.5 Å². The summed E-state index contributed by atoms with van der Waals surface area (Å²) in [6.07, 6.45) is -2.59. The van der Waals surface area contributed by atoms with Crippen LogP contribution in [0.5, 0.6) is 0 Å². The minimum Gasteiger partial charge on any atom is -0.452 e. The van der Waals surface area contributed by atoms with Crippen molar-refractivity contribution in [1.82, 2.24) is 0 Å². The summed E-state index contributed by atoms with van der Waals surface area (Å²) in [5, 5.41) is 0. The molecule has 0 aliphatic heterocycles. The van der Waals surface area contributed by atoms with Crippen molar-refractivity contribution in [2.75, 3.05) is 0 Å². The van der Waals surface area contributed by atoms with Gasteiger partial charge in [-0.1, -0.05) is 0 Å². The van der Waals surface area contributed by atoms with Crippen molar-refractivity contribution in [1.29, 1.82) is 0 Å². The third kappa shape index (κ3) is 2.00. The van der Waals surface area contributed by atoms with Gasteiger partial charge < -0.3 is 10.2 Å². The quantitative estimate of drug-likeness (QED) is 0.840. The lowest BCUT2D eigenvalue weighted by atomic mass is 10.2. The molecule has 0 aliphatic rings. The van der Waals surface area contributed by atoms with Crippen LogP contribution in [0.3, 0.4) is 0 Å². The Labute approximate surface area is 70.5 Å². The first-order valence-corrected chi connectivity index (χ1v) is 3.69. The number of furan rings is 1. The molecule has 0 aliphatic carbocycles. The molecule has 0 aromatic carbocycles. The monoisotopic (exact) mass is 225 g/mol. The van der Waals surface area contributed by atoms with Crippen LogP contribution in [0.4, 0.5) is 8.78 Å². The molecule has 2 N–H and O–H groups in total. The molecule has 0 fully saturated rings. The van der Waals surface area contributed by atoms with E-state index in [-0.39, 0.29) is 5.76 Å². The van der Waals surface area contributed by atoms with Crippen LogP contribution in [-0.4, -0.2) is 6.43 Å². The summed E-state index contributed by atoms with van der Waals surface area (Å²) in [4.78, 5) is 0. The van der Waals surface area contributed by atoms with Gasteiger partial charge in [-0.2, -0.15) is 0 Å². The summed E-state index contributed by atoms with van der Waals surface area (Å²) in [6.45, 7) is 0. The van der Waals surface area contributed by atoms with Gasteiger partial charge in [0.15, 0.2) is 4.67 Å². The molecule has 0 spiro atoms. The molecule has 1 aromatic heterocycles. The Morgan fingerprint density at radius 3 is 2.45 bits per heavy atom. The Balaban J connectivity index is 2.76. The van der Waals surface area contributed by atoms with Gasteiger partial charge in [0, 0.05) is 0 Å². The highest BCUT2D eigenvalue weighted by Gasteiger charge is 2.20. The number of hydrogen-bond acceptors (Lipinski definition) is 2. The zero-order valence-electron chi connectivity index (χ0n) is 5.43. The van der Waals surface area contributed by atoms with Crippen LogP contribution in [0.25, 0.3) is 0 Å². The molecule has 2 nitrogen and oxygen atoms in total. The Kier molecular flexibility index (Phi) is 2.62. The zero-order chi connectivity index (χ0) is 8.43. The van der Waals surface area contributed by atoms with Crippen LogP contribution >= 0.6 is 15.9 Å². The summed E-state index contributed by atoms with van der Waals surface area (Å²) in [7, 11) is 0. The topological polar surface area (TPSA) is 39.2 Å². The lowest BCUT2D eigenvalue weighted by Crippen LogP contribution is -2.17. The molecule has 0 radical (unpaired) electrons. The average Bonchev–Trinajstić information content (AvgIpc) is 2.34. The second kappa shape index (κ2) is 3.32. The van der Waals surface area contributed by atoms with E-state index in [1.165, 1.54) is 12.1 Å². The van der Waals surface area contributed by atoms with Gasteiger partial charge in [0.2, 0.25) is 0 Å². The number of halogens is 3. The minimum atomic E-state index is -2.59. The molecule has 1 heterocycles. The van der Waals surface area contributed by atoms with Gasteiger partial charge in [0.05, 0.1) is 0 Å². The maximum atomic E-state index is 11.9. The summed E-state index contributed by atoms with van der Waals surface area (Å²) in [5.41, 5.74) is 5.09. The first-order valence-electron chi connectivity index (χ1n) is 2.90. The van der Waals surface area contributed by atoms with Crippen molar-refractivity contribution in [2.24, 2.45) is 5.73 Å². The molecule has 0 bridgehead atoms. The number of nitrogens with two attached hydrogens (primary N) is 1. The van der Waals surface area contributed by atoms with Crippen molar-refractivity contribution in [3.63, 3.8) is 0 Å². The van der Waals surface area contributed by atoms with Crippen LogP contribution in [0.15, 0.2) is 21.2 Å². The number of hydrogen-bond donors (Lipinski definition) is 1. The molecule has 0 saturated heterocycles. The standard InChI is InChI=1S/C6H6BrF2NO/c7-4-2-1-3(11-4)5(10)6(8)9/h1-2,5-6H,10H2/t5-/m0/s1. The Morgan fingerprint density at radius 2 is 2.09 bits per heavy atom. The van der Waals surface area contributed by atoms with E-state index in [0.29, 0.717) is 4.67 Å². The molecule has 11 heavy (non-hydrogen) atoms. The molecule has 1 aromatic rings. The van der Waals surface area contributed by atoms with E-state index in [1.807, 2.05) is 0 Å². The van der Waals surface area contributed by atoms with E-state index in [1.54, 1.807) is 0 Å². The molecule has 1 rings (SSSR count). The van der Waals surface area contributed by atoms with Crippen LogP contribution in [0.1, 0.15) is 11.8 Å². The van der Waals surface area contributed by atoms with Gasteiger partial charge in [-0.15, -0.1) is 0 Å². The van der Waals surface area contributed by atoms with Crippen molar-refractivity contribution < 1.29 is 13.2 Å². The second-order valence-corrected chi connectivity index (χ2v) is 2.78. The normalized spacial score (nSPS) is 13.9. The number of alkyl halides is 2. The summed E-state index contributed by atoms with van der Waals surface area (Å²) in [5.74, 6) is 0.0897. The highest BCUT2D eigenvalue weighted by atomic mass is 79.9. The van der Waals surface area contributed by atoms with E-state index in [9.17, 15) is 8.78 Å². The van der Waals surface area contributed by atoms with Crippen LogP contribution in [0, 0.1) is 0 Å². The predicted molar refractivity (Wildman–Crippen MR) is 39.3 cm³/mol. The maximum absolute atomic E-state index is 11.9. The molecule has 0 unspecified atom stereocenters. The summed E-state index contributed by atoms with van der Waals surface area (Å²) >= 11 is 2.98. The smallest absolute Gasteiger partial charge is 0.260 e. The zero-order valence-corrected chi connectivity index (χ0v) is 7.01. The van der Waals surface area contributed by atoms with E-state index >= 15 is 0 Å². The fraction of sp³-hybridized carbons (Fsp3) is 0.333. The van der Waals surface area contributed by atoms with E-state index in [4.69, 9.17) is 10.2 Å². The molecule has 5 heteroatoms. The van der Waals surface area contributed by atoms with E-state index in [0.717, 1.165) is 0 Å². The van der Waals surface area contributed by atoms with Crippen molar-refractivity contribution >= 4 is 15.9 Å². The van der Waals surface area contributed by atoms with Crippen molar-refractivity contribution in [3.05, 3.63) is 22.6 Å². The lowest BCUT2D eigenvalue weighted by Gasteiger charge is -2.05. The Morgan fingerprint density at radius 1 is 1.45 bits per heavy atom. The lowest BCUT2D eigenvalue weighted by molar-refractivity contribution is 0.106. The largest absolute Gasteiger partial charge is 0.452 e. The molecule has 1 atom stereocenters. The van der Waals surface area contributed by atoms with Gasteiger partial charge >= 0.3 is 0 Å². The molecule has 0 amide bonds. The highest BCUT2D eigenvalue weighted by molar-refractivity contribution is 9.10. The maximum Gasteiger partial charge on any atom is 0.260 e.